The molecule has 0 aliphatic carbocycles. The van der Waals surface area contributed by atoms with Gasteiger partial charge in [0.15, 0.2) is 0 Å². The molecule has 1 aliphatic rings. The first-order valence-electron chi connectivity index (χ1n) is 9.16. The fourth-order valence-corrected chi connectivity index (χ4v) is 3.18. The quantitative estimate of drug-likeness (QED) is 0.684. The lowest BCUT2D eigenvalue weighted by molar-refractivity contribution is 0.127. The van der Waals surface area contributed by atoms with Gasteiger partial charge in [-0.25, -0.2) is 4.39 Å². The molecule has 134 valence electrons. The van der Waals surface area contributed by atoms with E-state index in [9.17, 15) is 4.39 Å². The van der Waals surface area contributed by atoms with Crippen molar-refractivity contribution in [2.75, 3.05) is 45.9 Å². The summed E-state index contributed by atoms with van der Waals surface area (Å²) < 4.78 is 18.5. The van der Waals surface area contributed by atoms with Crippen molar-refractivity contribution < 1.29 is 9.13 Å². The summed E-state index contributed by atoms with van der Waals surface area (Å²) in [5.41, 5.74) is 1.42. The Labute approximate surface area is 150 Å². The molecule has 3 rings (SSSR count). The van der Waals surface area contributed by atoms with Gasteiger partial charge in [0.1, 0.15) is 11.6 Å². The molecule has 3 nitrogen and oxygen atoms in total. The highest BCUT2D eigenvalue weighted by molar-refractivity contribution is 5.22. The molecule has 25 heavy (non-hydrogen) atoms. The second-order valence-electron chi connectivity index (χ2n) is 6.57. The van der Waals surface area contributed by atoms with Gasteiger partial charge in [0, 0.05) is 39.3 Å². The molecule has 1 saturated heterocycles. The number of benzene rings is 2. The van der Waals surface area contributed by atoms with Gasteiger partial charge in [-0.05, 0) is 42.7 Å². The number of halogens is 1. The van der Waals surface area contributed by atoms with Gasteiger partial charge in [-0.3, -0.25) is 0 Å². The van der Waals surface area contributed by atoms with Crippen molar-refractivity contribution in [1.29, 1.82) is 0 Å². The molecule has 0 saturated carbocycles. The van der Waals surface area contributed by atoms with Crippen molar-refractivity contribution in [3.63, 3.8) is 0 Å². The highest BCUT2D eigenvalue weighted by Crippen LogP contribution is 2.11. The van der Waals surface area contributed by atoms with Gasteiger partial charge < -0.3 is 14.5 Å². The van der Waals surface area contributed by atoms with Crippen molar-refractivity contribution in [3.05, 3.63) is 66.0 Å². The van der Waals surface area contributed by atoms with E-state index in [0.717, 1.165) is 57.9 Å². The van der Waals surface area contributed by atoms with E-state index < -0.39 is 0 Å². The van der Waals surface area contributed by atoms with Crippen LogP contribution in [0.1, 0.15) is 12.0 Å². The molecule has 1 aliphatic heterocycles. The fourth-order valence-electron chi connectivity index (χ4n) is 3.18. The number of rotatable bonds is 8. The number of piperazine rings is 1. The van der Waals surface area contributed by atoms with Crippen molar-refractivity contribution in [3.8, 4) is 5.75 Å². The smallest absolute Gasteiger partial charge is 0.123 e. The molecular weight excluding hydrogens is 315 g/mol. The zero-order chi connectivity index (χ0) is 17.3. The van der Waals surface area contributed by atoms with Crippen LogP contribution >= 0.6 is 0 Å². The van der Waals surface area contributed by atoms with E-state index in [4.69, 9.17) is 4.74 Å². The summed E-state index contributed by atoms with van der Waals surface area (Å²) in [6.45, 7) is 7.44. The van der Waals surface area contributed by atoms with Crippen LogP contribution in [0.15, 0.2) is 54.6 Å². The summed E-state index contributed by atoms with van der Waals surface area (Å²) in [6, 6.07) is 16.9. The maximum absolute atomic E-state index is 12.8. The molecule has 0 amide bonds. The summed E-state index contributed by atoms with van der Waals surface area (Å²) >= 11 is 0. The first-order valence-corrected chi connectivity index (χ1v) is 9.16. The van der Waals surface area contributed by atoms with E-state index >= 15 is 0 Å². The normalized spacial score (nSPS) is 16.0. The maximum atomic E-state index is 12.8. The van der Waals surface area contributed by atoms with Crippen LogP contribution in [0.5, 0.6) is 5.75 Å². The van der Waals surface area contributed by atoms with Gasteiger partial charge in [0.05, 0.1) is 6.61 Å². The Morgan fingerprint density at radius 2 is 1.44 bits per heavy atom. The van der Waals surface area contributed by atoms with Crippen LogP contribution in [0.4, 0.5) is 4.39 Å². The monoisotopic (exact) mass is 342 g/mol. The Kier molecular flexibility index (Phi) is 6.83. The number of nitrogens with zero attached hydrogens (tertiary/aromatic N) is 2. The van der Waals surface area contributed by atoms with Gasteiger partial charge in [-0.1, -0.05) is 30.3 Å². The van der Waals surface area contributed by atoms with Crippen LogP contribution < -0.4 is 4.74 Å². The molecule has 0 radical (unpaired) electrons. The summed E-state index contributed by atoms with van der Waals surface area (Å²) in [7, 11) is 0. The van der Waals surface area contributed by atoms with Crippen molar-refractivity contribution in [2.24, 2.45) is 0 Å². The largest absolute Gasteiger partial charge is 0.494 e. The van der Waals surface area contributed by atoms with Gasteiger partial charge in [0.25, 0.3) is 0 Å². The van der Waals surface area contributed by atoms with Crippen LogP contribution in [-0.2, 0) is 6.42 Å². The predicted molar refractivity (Wildman–Crippen MR) is 99.5 cm³/mol. The fraction of sp³-hybridized carbons (Fsp3) is 0.429. The third-order valence-electron chi connectivity index (χ3n) is 4.73. The third kappa shape index (κ3) is 6.15. The molecule has 4 heteroatoms. The van der Waals surface area contributed by atoms with Crippen molar-refractivity contribution >= 4 is 0 Å². The lowest BCUT2D eigenvalue weighted by atomic mass is 10.1. The molecular formula is C21H27FN2O. The van der Waals surface area contributed by atoms with Gasteiger partial charge in [-0.2, -0.15) is 0 Å². The molecule has 2 aromatic carbocycles. The number of hydrogen-bond acceptors (Lipinski definition) is 3. The zero-order valence-corrected chi connectivity index (χ0v) is 14.7. The summed E-state index contributed by atoms with van der Waals surface area (Å²) in [6.07, 6.45) is 2.13. The van der Waals surface area contributed by atoms with E-state index in [1.807, 2.05) is 0 Å². The Bertz CT molecular complexity index is 610. The Balaban J connectivity index is 1.27. The van der Waals surface area contributed by atoms with E-state index in [-0.39, 0.29) is 5.82 Å². The van der Waals surface area contributed by atoms with Crippen LogP contribution in [0, 0.1) is 5.82 Å². The van der Waals surface area contributed by atoms with Crippen molar-refractivity contribution in [2.45, 2.75) is 12.8 Å². The molecule has 0 aromatic heterocycles. The minimum absolute atomic E-state index is 0.225. The molecule has 0 N–H and O–H groups in total. The summed E-state index contributed by atoms with van der Waals surface area (Å²) in [4.78, 5) is 5.06. The third-order valence-corrected chi connectivity index (χ3v) is 4.73. The highest BCUT2D eigenvalue weighted by atomic mass is 19.1. The Hall–Kier alpha value is -1.91. The standard InChI is InChI=1S/C21H27FN2O/c22-20-7-9-21(10-8-20)25-18-4-12-23-14-16-24(17-15-23)13-11-19-5-2-1-3-6-19/h1-3,5-10H,4,11-18H2. The van der Waals surface area contributed by atoms with E-state index in [1.165, 1.54) is 17.7 Å². The first kappa shape index (κ1) is 17.9. The van der Waals surface area contributed by atoms with Gasteiger partial charge in [0.2, 0.25) is 0 Å². The van der Waals surface area contributed by atoms with Crippen LogP contribution in [0.3, 0.4) is 0 Å². The molecule has 2 aromatic rings. The minimum Gasteiger partial charge on any atom is -0.494 e. The molecule has 0 spiro atoms. The highest BCUT2D eigenvalue weighted by Gasteiger charge is 2.16. The molecule has 0 atom stereocenters. The minimum atomic E-state index is -0.225. The SMILES string of the molecule is Fc1ccc(OCCCN2CCN(CCc3ccccc3)CC2)cc1. The maximum Gasteiger partial charge on any atom is 0.123 e. The molecule has 0 bridgehead atoms. The second-order valence-corrected chi connectivity index (χ2v) is 6.57. The van der Waals surface area contributed by atoms with Crippen LogP contribution in [-0.4, -0.2) is 55.7 Å². The van der Waals surface area contributed by atoms with E-state index in [0.29, 0.717) is 6.61 Å². The van der Waals surface area contributed by atoms with Gasteiger partial charge in [-0.15, -0.1) is 0 Å². The molecule has 0 unspecified atom stereocenters. The average Bonchev–Trinajstić information content (AvgIpc) is 2.67. The average molecular weight is 342 g/mol. The lowest BCUT2D eigenvalue weighted by Gasteiger charge is -2.34. The van der Waals surface area contributed by atoms with Crippen LogP contribution in [0.2, 0.25) is 0 Å². The number of hydrogen-bond donors (Lipinski definition) is 0. The predicted octanol–water partition coefficient (Wildman–Crippen LogP) is 3.45. The Morgan fingerprint density at radius 3 is 2.12 bits per heavy atom. The van der Waals surface area contributed by atoms with E-state index in [2.05, 4.69) is 40.1 Å². The topological polar surface area (TPSA) is 15.7 Å². The lowest BCUT2D eigenvalue weighted by Crippen LogP contribution is -2.47. The first-order chi connectivity index (χ1) is 12.3. The van der Waals surface area contributed by atoms with Crippen LogP contribution in [0.25, 0.3) is 0 Å². The van der Waals surface area contributed by atoms with Crippen molar-refractivity contribution in [1.82, 2.24) is 9.80 Å². The summed E-state index contributed by atoms with van der Waals surface area (Å²) in [5, 5.41) is 0. The molecule has 1 heterocycles. The summed E-state index contributed by atoms with van der Waals surface area (Å²) in [5.74, 6) is 0.518. The molecule has 1 fully saturated rings. The second kappa shape index (κ2) is 9.54. The Morgan fingerprint density at radius 1 is 0.800 bits per heavy atom. The van der Waals surface area contributed by atoms with Gasteiger partial charge >= 0.3 is 0 Å². The number of ether oxygens (including phenoxy) is 1. The van der Waals surface area contributed by atoms with E-state index in [1.54, 1.807) is 12.1 Å². The zero-order valence-electron chi connectivity index (χ0n) is 14.7.